The SMILES string of the molecule is N#CC(=Cc1cccc(OCc2cccc(Cl)c2)c1)c1ccc([N+](=O)[O-])cc1. The Bertz CT molecular complexity index is 1070. The van der Waals surface area contributed by atoms with E-state index in [1.807, 2.05) is 42.5 Å². The first-order valence-corrected chi connectivity index (χ1v) is 8.77. The van der Waals surface area contributed by atoms with E-state index in [9.17, 15) is 15.4 Å². The molecule has 0 aliphatic carbocycles. The maximum atomic E-state index is 10.8. The Morgan fingerprint density at radius 1 is 1.11 bits per heavy atom. The van der Waals surface area contributed by atoms with Crippen molar-refractivity contribution in [1.82, 2.24) is 0 Å². The molecule has 0 atom stereocenters. The van der Waals surface area contributed by atoms with Crippen molar-refractivity contribution in [3.8, 4) is 11.8 Å². The highest BCUT2D eigenvalue weighted by molar-refractivity contribution is 6.30. The molecule has 0 fully saturated rings. The highest BCUT2D eigenvalue weighted by atomic mass is 35.5. The number of hydrogen-bond acceptors (Lipinski definition) is 4. The van der Waals surface area contributed by atoms with Crippen LogP contribution >= 0.6 is 11.6 Å². The topological polar surface area (TPSA) is 76.2 Å². The first-order valence-electron chi connectivity index (χ1n) is 8.39. The van der Waals surface area contributed by atoms with Gasteiger partial charge in [0.2, 0.25) is 0 Å². The number of nitro groups is 1. The molecule has 0 saturated heterocycles. The Hall–Kier alpha value is -3.62. The van der Waals surface area contributed by atoms with E-state index < -0.39 is 4.92 Å². The lowest BCUT2D eigenvalue weighted by atomic mass is 10.0. The van der Waals surface area contributed by atoms with Crippen LogP contribution in [0, 0.1) is 21.4 Å². The van der Waals surface area contributed by atoms with Crippen LogP contribution in [0.2, 0.25) is 5.02 Å². The fourth-order valence-corrected chi connectivity index (χ4v) is 2.81. The van der Waals surface area contributed by atoms with Gasteiger partial charge in [-0.05, 0) is 59.2 Å². The van der Waals surface area contributed by atoms with Gasteiger partial charge in [-0.1, -0.05) is 35.9 Å². The smallest absolute Gasteiger partial charge is 0.269 e. The molecule has 0 saturated carbocycles. The lowest BCUT2D eigenvalue weighted by Gasteiger charge is -2.08. The van der Waals surface area contributed by atoms with Gasteiger partial charge in [-0.15, -0.1) is 0 Å². The number of rotatable bonds is 6. The highest BCUT2D eigenvalue weighted by Gasteiger charge is 2.07. The third-order valence-electron chi connectivity index (χ3n) is 3.97. The molecule has 0 aliphatic rings. The number of halogens is 1. The van der Waals surface area contributed by atoms with Gasteiger partial charge < -0.3 is 4.74 Å². The minimum atomic E-state index is -0.472. The molecule has 0 spiro atoms. The molecule has 0 radical (unpaired) electrons. The molecule has 0 N–H and O–H groups in total. The van der Waals surface area contributed by atoms with Crippen LogP contribution in [-0.2, 0) is 6.61 Å². The molecule has 0 aromatic heterocycles. The van der Waals surface area contributed by atoms with Gasteiger partial charge in [0.05, 0.1) is 16.6 Å². The lowest BCUT2D eigenvalue weighted by molar-refractivity contribution is -0.384. The van der Waals surface area contributed by atoms with Crippen LogP contribution in [0.15, 0.2) is 72.8 Å². The minimum Gasteiger partial charge on any atom is -0.489 e. The maximum Gasteiger partial charge on any atom is 0.269 e. The zero-order valence-electron chi connectivity index (χ0n) is 14.7. The second kappa shape index (κ2) is 8.85. The van der Waals surface area contributed by atoms with E-state index in [2.05, 4.69) is 6.07 Å². The lowest BCUT2D eigenvalue weighted by Crippen LogP contribution is -1.95. The molecule has 6 heteroatoms. The highest BCUT2D eigenvalue weighted by Crippen LogP contribution is 2.23. The summed E-state index contributed by atoms with van der Waals surface area (Å²) in [6.07, 6.45) is 1.72. The third-order valence-corrected chi connectivity index (χ3v) is 4.21. The minimum absolute atomic E-state index is 0.0162. The molecule has 0 amide bonds. The van der Waals surface area contributed by atoms with Crippen molar-refractivity contribution in [2.45, 2.75) is 6.61 Å². The van der Waals surface area contributed by atoms with Crippen molar-refractivity contribution in [2.24, 2.45) is 0 Å². The summed E-state index contributed by atoms with van der Waals surface area (Å²) in [4.78, 5) is 10.3. The van der Waals surface area contributed by atoms with E-state index in [1.165, 1.54) is 12.1 Å². The summed E-state index contributed by atoms with van der Waals surface area (Å²) in [6.45, 7) is 0.376. The molecule has 0 aliphatic heterocycles. The van der Waals surface area contributed by atoms with Gasteiger partial charge in [-0.25, -0.2) is 0 Å². The molecule has 0 unspecified atom stereocenters. The standard InChI is InChI=1S/C22H15ClN2O3/c23-20-5-1-4-17(12-20)15-28-22-6-2-3-16(13-22)11-19(14-24)18-7-9-21(10-8-18)25(26)27/h1-13H,15H2. The largest absolute Gasteiger partial charge is 0.489 e. The molecule has 5 nitrogen and oxygen atoms in total. The molecule has 138 valence electrons. The van der Waals surface area contributed by atoms with Crippen molar-refractivity contribution in [2.75, 3.05) is 0 Å². The van der Waals surface area contributed by atoms with Gasteiger partial charge in [0.15, 0.2) is 0 Å². The Kier molecular flexibility index (Phi) is 6.05. The Morgan fingerprint density at radius 3 is 2.54 bits per heavy atom. The van der Waals surface area contributed by atoms with E-state index >= 15 is 0 Å². The first kappa shape index (κ1) is 19.2. The zero-order chi connectivity index (χ0) is 19.9. The summed E-state index contributed by atoms with van der Waals surface area (Å²) in [6, 6.07) is 22.8. The molecule has 3 aromatic carbocycles. The van der Waals surface area contributed by atoms with Crippen LogP contribution in [0.3, 0.4) is 0 Å². The molecular weight excluding hydrogens is 376 g/mol. The average Bonchev–Trinajstić information content (AvgIpc) is 2.71. The van der Waals surface area contributed by atoms with Crippen LogP contribution in [0.1, 0.15) is 16.7 Å². The van der Waals surface area contributed by atoms with Crippen molar-refractivity contribution < 1.29 is 9.66 Å². The molecule has 0 heterocycles. The summed E-state index contributed by atoms with van der Waals surface area (Å²) in [7, 11) is 0. The third kappa shape index (κ3) is 4.97. The number of non-ortho nitro benzene ring substituents is 1. The summed E-state index contributed by atoms with van der Waals surface area (Å²) in [5.74, 6) is 0.662. The van der Waals surface area contributed by atoms with Gasteiger partial charge in [0.1, 0.15) is 12.4 Å². The number of nitriles is 1. The molecule has 28 heavy (non-hydrogen) atoms. The number of ether oxygens (including phenoxy) is 1. The number of nitrogens with zero attached hydrogens (tertiary/aromatic N) is 2. The molecular formula is C22H15ClN2O3. The van der Waals surface area contributed by atoms with E-state index in [1.54, 1.807) is 24.3 Å². The molecule has 3 rings (SSSR count). The second-order valence-corrected chi connectivity index (χ2v) is 6.40. The van der Waals surface area contributed by atoms with Gasteiger partial charge in [-0.3, -0.25) is 10.1 Å². The summed E-state index contributed by atoms with van der Waals surface area (Å²) < 4.78 is 5.80. The van der Waals surface area contributed by atoms with Crippen LogP contribution in [-0.4, -0.2) is 4.92 Å². The van der Waals surface area contributed by atoms with Crippen molar-refractivity contribution in [3.63, 3.8) is 0 Å². The first-order chi connectivity index (χ1) is 13.5. The van der Waals surface area contributed by atoms with Crippen molar-refractivity contribution in [3.05, 3.63) is 105 Å². The predicted molar refractivity (Wildman–Crippen MR) is 109 cm³/mol. The van der Waals surface area contributed by atoms with Crippen LogP contribution in [0.25, 0.3) is 11.6 Å². The zero-order valence-corrected chi connectivity index (χ0v) is 15.5. The molecule has 0 bridgehead atoms. The van der Waals surface area contributed by atoms with Gasteiger partial charge in [-0.2, -0.15) is 5.26 Å². The number of benzene rings is 3. The second-order valence-electron chi connectivity index (χ2n) is 5.96. The Balaban J connectivity index is 1.78. The van der Waals surface area contributed by atoms with Crippen LogP contribution in [0.4, 0.5) is 5.69 Å². The summed E-state index contributed by atoms with van der Waals surface area (Å²) in [5, 5.41) is 20.9. The predicted octanol–water partition coefficient (Wildman–Crippen LogP) is 5.89. The van der Waals surface area contributed by atoms with Gasteiger partial charge in [0, 0.05) is 17.2 Å². The summed E-state index contributed by atoms with van der Waals surface area (Å²) in [5.41, 5.74) is 2.74. The normalized spacial score (nSPS) is 10.9. The van der Waals surface area contributed by atoms with E-state index in [-0.39, 0.29) is 5.69 Å². The quantitative estimate of drug-likeness (QED) is 0.227. The fraction of sp³-hybridized carbons (Fsp3) is 0.0455. The van der Waals surface area contributed by atoms with E-state index in [4.69, 9.17) is 16.3 Å². The van der Waals surface area contributed by atoms with E-state index in [0.717, 1.165) is 11.1 Å². The molecule has 3 aromatic rings. The van der Waals surface area contributed by atoms with Gasteiger partial charge >= 0.3 is 0 Å². The monoisotopic (exact) mass is 390 g/mol. The van der Waals surface area contributed by atoms with Crippen molar-refractivity contribution >= 4 is 28.9 Å². The number of allylic oxidation sites excluding steroid dienone is 1. The maximum absolute atomic E-state index is 10.8. The number of nitro benzene ring substituents is 1. The van der Waals surface area contributed by atoms with Gasteiger partial charge in [0.25, 0.3) is 5.69 Å². The van der Waals surface area contributed by atoms with Crippen molar-refractivity contribution in [1.29, 1.82) is 5.26 Å². The number of hydrogen-bond donors (Lipinski definition) is 0. The average molecular weight is 391 g/mol. The Labute approximate surface area is 167 Å². The van der Waals surface area contributed by atoms with Crippen LogP contribution in [0.5, 0.6) is 5.75 Å². The Morgan fingerprint density at radius 2 is 1.86 bits per heavy atom. The van der Waals surface area contributed by atoms with E-state index in [0.29, 0.717) is 28.5 Å². The van der Waals surface area contributed by atoms with Crippen LogP contribution < -0.4 is 4.74 Å². The summed E-state index contributed by atoms with van der Waals surface area (Å²) >= 11 is 5.98. The fourth-order valence-electron chi connectivity index (χ4n) is 2.60.